The van der Waals surface area contributed by atoms with E-state index in [1.54, 1.807) is 5.57 Å². The minimum Gasteiger partial charge on any atom is -0.0996 e. The molecule has 0 radical (unpaired) electrons. The lowest BCUT2D eigenvalue weighted by molar-refractivity contribution is 0.00384. The normalized spacial score (nSPS) is 38.9. The molecule has 0 saturated heterocycles. The number of hydrogen-bond acceptors (Lipinski definition) is 0. The average molecular weight is 204 g/mol. The first-order chi connectivity index (χ1) is 7.00. The molecular weight excluding hydrogens is 180 g/mol. The molecule has 0 N–H and O–H groups in total. The smallest absolute Gasteiger partial charge is 0.0167 e. The summed E-state index contributed by atoms with van der Waals surface area (Å²) >= 11 is 0. The standard InChI is InChI=1S/C15H24/c1-11-6-5-7-12(2)13-10-15(3,4)14(13)9-8-11/h6,13-14H,2,5,7-10H2,1,3-4H3/b11-6+/t13?,14-/m1/s1. The highest BCUT2D eigenvalue weighted by Gasteiger charge is 2.47. The molecule has 0 bridgehead atoms. The van der Waals surface area contributed by atoms with Gasteiger partial charge in [-0.3, -0.25) is 0 Å². The van der Waals surface area contributed by atoms with Gasteiger partial charge in [-0.15, -0.1) is 0 Å². The minimum atomic E-state index is 0.568. The van der Waals surface area contributed by atoms with E-state index in [4.69, 9.17) is 0 Å². The molecule has 0 aromatic heterocycles. The van der Waals surface area contributed by atoms with Crippen molar-refractivity contribution in [2.45, 2.75) is 52.9 Å². The van der Waals surface area contributed by atoms with Crippen LogP contribution in [0.25, 0.3) is 0 Å². The van der Waals surface area contributed by atoms with Crippen LogP contribution in [0.4, 0.5) is 0 Å². The fourth-order valence-corrected chi connectivity index (χ4v) is 3.44. The second kappa shape index (κ2) is 3.81. The third-order valence-electron chi connectivity index (χ3n) is 4.57. The number of rotatable bonds is 0. The molecule has 0 nitrogen and oxygen atoms in total. The van der Waals surface area contributed by atoms with E-state index in [1.807, 2.05) is 0 Å². The van der Waals surface area contributed by atoms with E-state index in [2.05, 4.69) is 33.4 Å². The Labute approximate surface area is 94.5 Å². The third kappa shape index (κ3) is 2.04. The van der Waals surface area contributed by atoms with Gasteiger partial charge in [0.25, 0.3) is 0 Å². The molecule has 0 aromatic rings. The Kier molecular flexibility index (Phi) is 2.79. The Morgan fingerprint density at radius 1 is 1.33 bits per heavy atom. The summed E-state index contributed by atoms with van der Waals surface area (Å²) in [5.74, 6) is 1.73. The Morgan fingerprint density at radius 2 is 2.07 bits per heavy atom. The first-order valence-corrected chi connectivity index (χ1v) is 6.34. The van der Waals surface area contributed by atoms with E-state index in [9.17, 15) is 0 Å². The van der Waals surface area contributed by atoms with Gasteiger partial charge in [0.05, 0.1) is 0 Å². The topological polar surface area (TPSA) is 0 Å². The molecule has 0 heteroatoms. The van der Waals surface area contributed by atoms with Crippen molar-refractivity contribution in [2.24, 2.45) is 17.3 Å². The second-order valence-corrected chi connectivity index (χ2v) is 6.19. The van der Waals surface area contributed by atoms with Crippen LogP contribution < -0.4 is 0 Å². The van der Waals surface area contributed by atoms with Gasteiger partial charge in [-0.2, -0.15) is 0 Å². The van der Waals surface area contributed by atoms with Crippen LogP contribution in [0.15, 0.2) is 23.8 Å². The fraction of sp³-hybridized carbons (Fsp3) is 0.733. The molecule has 0 aliphatic heterocycles. The van der Waals surface area contributed by atoms with Gasteiger partial charge in [0, 0.05) is 0 Å². The lowest BCUT2D eigenvalue weighted by Gasteiger charge is -2.53. The highest BCUT2D eigenvalue weighted by Crippen LogP contribution is 2.56. The third-order valence-corrected chi connectivity index (χ3v) is 4.57. The zero-order valence-electron chi connectivity index (χ0n) is 10.5. The van der Waals surface area contributed by atoms with Gasteiger partial charge < -0.3 is 0 Å². The lowest BCUT2D eigenvalue weighted by Crippen LogP contribution is -2.44. The van der Waals surface area contributed by atoms with Gasteiger partial charge in [0.1, 0.15) is 0 Å². The molecule has 15 heavy (non-hydrogen) atoms. The molecule has 0 spiro atoms. The van der Waals surface area contributed by atoms with Crippen molar-refractivity contribution in [3.05, 3.63) is 23.8 Å². The highest BCUT2D eigenvalue weighted by molar-refractivity contribution is 5.16. The van der Waals surface area contributed by atoms with Gasteiger partial charge in [0.2, 0.25) is 0 Å². The van der Waals surface area contributed by atoms with Crippen molar-refractivity contribution in [1.82, 2.24) is 0 Å². The van der Waals surface area contributed by atoms with Crippen LogP contribution >= 0.6 is 0 Å². The van der Waals surface area contributed by atoms with Gasteiger partial charge >= 0.3 is 0 Å². The lowest BCUT2D eigenvalue weighted by atomic mass is 9.52. The molecule has 0 aromatic carbocycles. The van der Waals surface area contributed by atoms with Crippen LogP contribution in [-0.2, 0) is 0 Å². The molecular formula is C15H24. The summed E-state index contributed by atoms with van der Waals surface area (Å²) in [6.07, 6.45) is 8.90. The predicted octanol–water partition coefficient (Wildman–Crippen LogP) is 4.73. The largest absolute Gasteiger partial charge is 0.0996 e. The molecule has 2 rings (SSSR count). The van der Waals surface area contributed by atoms with Crippen LogP contribution in [-0.4, -0.2) is 0 Å². The molecule has 1 unspecified atom stereocenters. The van der Waals surface area contributed by atoms with Crippen molar-refractivity contribution in [1.29, 1.82) is 0 Å². The second-order valence-electron chi connectivity index (χ2n) is 6.19. The predicted molar refractivity (Wildman–Crippen MR) is 66.7 cm³/mol. The van der Waals surface area contributed by atoms with E-state index < -0.39 is 0 Å². The molecule has 2 atom stereocenters. The van der Waals surface area contributed by atoms with Crippen molar-refractivity contribution < 1.29 is 0 Å². The van der Waals surface area contributed by atoms with Crippen molar-refractivity contribution in [2.75, 3.05) is 0 Å². The number of hydrogen-bond donors (Lipinski definition) is 0. The first-order valence-electron chi connectivity index (χ1n) is 6.34. The molecule has 0 amide bonds. The van der Waals surface area contributed by atoms with Gasteiger partial charge in [-0.25, -0.2) is 0 Å². The zero-order valence-corrected chi connectivity index (χ0v) is 10.5. The van der Waals surface area contributed by atoms with E-state index in [0.717, 1.165) is 11.8 Å². The van der Waals surface area contributed by atoms with E-state index in [0.29, 0.717) is 5.41 Å². The summed E-state index contributed by atoms with van der Waals surface area (Å²) < 4.78 is 0. The molecule has 2 aliphatic rings. The number of allylic oxidation sites excluding steroid dienone is 3. The monoisotopic (exact) mass is 204 g/mol. The van der Waals surface area contributed by atoms with Crippen molar-refractivity contribution in [3.63, 3.8) is 0 Å². The van der Waals surface area contributed by atoms with Gasteiger partial charge in [-0.1, -0.05) is 37.6 Å². The summed E-state index contributed by atoms with van der Waals surface area (Å²) in [5.41, 5.74) is 3.68. The SMILES string of the molecule is C=C1CC/C=C(\C)CC[C@@H]2C1CC2(C)C. The van der Waals surface area contributed by atoms with Crippen molar-refractivity contribution in [3.8, 4) is 0 Å². The minimum absolute atomic E-state index is 0.568. The van der Waals surface area contributed by atoms with Crippen LogP contribution in [0.1, 0.15) is 52.9 Å². The van der Waals surface area contributed by atoms with E-state index >= 15 is 0 Å². The van der Waals surface area contributed by atoms with Crippen LogP contribution in [0.5, 0.6) is 0 Å². The fourth-order valence-electron chi connectivity index (χ4n) is 3.44. The molecule has 1 saturated carbocycles. The summed E-state index contributed by atoms with van der Waals surface area (Å²) in [6.45, 7) is 11.4. The van der Waals surface area contributed by atoms with Gasteiger partial charge in [0.15, 0.2) is 0 Å². The van der Waals surface area contributed by atoms with E-state index in [-0.39, 0.29) is 0 Å². The number of fused-ring (bicyclic) bond motifs is 1. The van der Waals surface area contributed by atoms with Crippen LogP contribution in [0.3, 0.4) is 0 Å². The first kappa shape index (κ1) is 11.0. The van der Waals surface area contributed by atoms with Crippen LogP contribution in [0, 0.1) is 17.3 Å². The zero-order chi connectivity index (χ0) is 11.1. The Hall–Kier alpha value is -0.520. The Balaban J connectivity index is 2.12. The Morgan fingerprint density at radius 3 is 2.73 bits per heavy atom. The highest BCUT2D eigenvalue weighted by atomic mass is 14.5. The maximum absolute atomic E-state index is 4.30. The molecule has 1 fully saturated rings. The summed E-state index contributed by atoms with van der Waals surface area (Å²) in [4.78, 5) is 0. The molecule has 2 aliphatic carbocycles. The quantitative estimate of drug-likeness (QED) is 0.501. The summed E-state index contributed by atoms with van der Waals surface area (Å²) in [5, 5.41) is 0. The van der Waals surface area contributed by atoms with Gasteiger partial charge in [-0.05, 0) is 56.3 Å². The summed E-state index contributed by atoms with van der Waals surface area (Å²) in [7, 11) is 0. The maximum atomic E-state index is 4.30. The van der Waals surface area contributed by atoms with Crippen LogP contribution in [0.2, 0.25) is 0 Å². The Bertz CT molecular complexity index is 293. The molecule has 0 heterocycles. The average Bonchev–Trinajstić information content (AvgIpc) is 2.18. The van der Waals surface area contributed by atoms with E-state index in [1.165, 1.54) is 37.7 Å². The summed E-state index contributed by atoms with van der Waals surface area (Å²) in [6, 6.07) is 0. The van der Waals surface area contributed by atoms with Crippen molar-refractivity contribution >= 4 is 0 Å². The maximum Gasteiger partial charge on any atom is -0.0167 e. The molecule has 84 valence electrons.